The molecule has 0 aliphatic rings. The summed E-state index contributed by atoms with van der Waals surface area (Å²) in [6.07, 6.45) is 0. The highest BCUT2D eigenvalue weighted by atomic mass is 16.3. The summed E-state index contributed by atoms with van der Waals surface area (Å²) in [6.45, 7) is 3.68. The van der Waals surface area contributed by atoms with Crippen molar-refractivity contribution < 1.29 is 9.21 Å². The van der Waals surface area contributed by atoms with E-state index in [-0.39, 0.29) is 11.8 Å². The van der Waals surface area contributed by atoms with Crippen LogP contribution in [0.5, 0.6) is 0 Å². The van der Waals surface area contributed by atoms with Gasteiger partial charge in [-0.2, -0.15) is 0 Å². The highest BCUT2D eigenvalue weighted by Gasteiger charge is 2.18. The van der Waals surface area contributed by atoms with Gasteiger partial charge in [0.25, 0.3) is 0 Å². The standard InChI is InChI=1S/C10H16N2O2/c1-7-5-6-9(14-7)8(2)10(13)11-12(3)4/h5-6,8H,1-4H3,(H,11,13). The van der Waals surface area contributed by atoms with Gasteiger partial charge in [-0.15, -0.1) is 0 Å². The van der Waals surface area contributed by atoms with E-state index >= 15 is 0 Å². The Morgan fingerprint density at radius 2 is 2.14 bits per heavy atom. The molecule has 1 atom stereocenters. The first-order chi connectivity index (χ1) is 6.50. The number of aryl methyl sites for hydroxylation is 1. The molecule has 0 saturated carbocycles. The fourth-order valence-corrected chi connectivity index (χ4v) is 1.13. The van der Waals surface area contributed by atoms with Gasteiger partial charge < -0.3 is 4.42 Å². The number of rotatable bonds is 3. The average molecular weight is 196 g/mol. The zero-order valence-corrected chi connectivity index (χ0v) is 9.00. The maximum absolute atomic E-state index is 11.6. The van der Waals surface area contributed by atoms with Crippen molar-refractivity contribution in [3.63, 3.8) is 0 Å². The molecule has 0 aliphatic carbocycles. The fourth-order valence-electron chi connectivity index (χ4n) is 1.13. The number of carbonyl (C=O) groups excluding carboxylic acids is 1. The lowest BCUT2D eigenvalue weighted by atomic mass is 10.1. The third kappa shape index (κ3) is 2.60. The number of furan rings is 1. The number of carbonyl (C=O) groups is 1. The predicted octanol–water partition coefficient (Wildman–Crippen LogP) is 1.28. The van der Waals surface area contributed by atoms with E-state index in [1.165, 1.54) is 0 Å². The molecule has 0 bridgehead atoms. The van der Waals surface area contributed by atoms with Crippen LogP contribution in [0.3, 0.4) is 0 Å². The summed E-state index contributed by atoms with van der Waals surface area (Å²) < 4.78 is 5.37. The van der Waals surface area contributed by atoms with Crippen molar-refractivity contribution in [3.8, 4) is 0 Å². The van der Waals surface area contributed by atoms with E-state index in [4.69, 9.17) is 4.42 Å². The maximum Gasteiger partial charge on any atom is 0.244 e. The normalized spacial score (nSPS) is 12.9. The molecule has 0 aliphatic heterocycles. The first kappa shape index (κ1) is 10.8. The molecular formula is C10H16N2O2. The lowest BCUT2D eigenvalue weighted by Crippen LogP contribution is -2.38. The number of nitrogens with one attached hydrogen (secondary N) is 1. The molecule has 1 rings (SSSR count). The highest BCUT2D eigenvalue weighted by Crippen LogP contribution is 2.17. The largest absolute Gasteiger partial charge is 0.466 e. The van der Waals surface area contributed by atoms with E-state index < -0.39 is 0 Å². The SMILES string of the molecule is Cc1ccc(C(C)C(=O)NN(C)C)o1. The molecule has 1 aromatic heterocycles. The summed E-state index contributed by atoms with van der Waals surface area (Å²) in [5.41, 5.74) is 2.68. The molecular weight excluding hydrogens is 180 g/mol. The van der Waals surface area contributed by atoms with Crippen molar-refractivity contribution in [1.29, 1.82) is 0 Å². The van der Waals surface area contributed by atoms with E-state index in [1.807, 2.05) is 26.0 Å². The van der Waals surface area contributed by atoms with Gasteiger partial charge in [0.05, 0.1) is 5.92 Å². The molecule has 1 aromatic rings. The topological polar surface area (TPSA) is 45.5 Å². The quantitative estimate of drug-likeness (QED) is 0.741. The Kier molecular flexibility index (Phi) is 3.30. The zero-order chi connectivity index (χ0) is 10.7. The first-order valence-electron chi connectivity index (χ1n) is 4.55. The summed E-state index contributed by atoms with van der Waals surface area (Å²) >= 11 is 0. The molecule has 1 unspecified atom stereocenters. The second kappa shape index (κ2) is 4.28. The second-order valence-corrected chi connectivity index (χ2v) is 3.54. The van der Waals surface area contributed by atoms with Gasteiger partial charge in [0.1, 0.15) is 11.5 Å². The molecule has 1 heterocycles. The van der Waals surface area contributed by atoms with Gasteiger partial charge in [-0.1, -0.05) is 0 Å². The summed E-state index contributed by atoms with van der Waals surface area (Å²) in [4.78, 5) is 11.6. The van der Waals surface area contributed by atoms with Crippen LogP contribution in [-0.2, 0) is 4.79 Å². The van der Waals surface area contributed by atoms with Crippen molar-refractivity contribution in [2.45, 2.75) is 19.8 Å². The Hall–Kier alpha value is -1.29. The summed E-state index contributed by atoms with van der Waals surface area (Å²) in [5, 5.41) is 1.62. The molecule has 0 radical (unpaired) electrons. The van der Waals surface area contributed by atoms with Crippen LogP contribution in [-0.4, -0.2) is 25.0 Å². The predicted molar refractivity (Wildman–Crippen MR) is 53.7 cm³/mol. The molecule has 0 saturated heterocycles. The maximum atomic E-state index is 11.6. The monoisotopic (exact) mass is 196 g/mol. The minimum absolute atomic E-state index is 0.0654. The van der Waals surface area contributed by atoms with Gasteiger partial charge >= 0.3 is 0 Å². The molecule has 1 amide bonds. The minimum atomic E-state index is -0.258. The van der Waals surface area contributed by atoms with Crippen LogP contribution in [0.1, 0.15) is 24.4 Å². The molecule has 4 heteroatoms. The number of nitrogens with zero attached hydrogens (tertiary/aromatic N) is 1. The van der Waals surface area contributed by atoms with Crippen molar-refractivity contribution in [1.82, 2.24) is 10.4 Å². The van der Waals surface area contributed by atoms with E-state index in [1.54, 1.807) is 19.1 Å². The lowest BCUT2D eigenvalue weighted by molar-refractivity contribution is -0.126. The molecule has 0 aromatic carbocycles. The van der Waals surface area contributed by atoms with Crippen LogP contribution in [0.15, 0.2) is 16.5 Å². The Morgan fingerprint density at radius 1 is 1.50 bits per heavy atom. The summed E-state index contributed by atoms with van der Waals surface area (Å²) in [5.74, 6) is 1.20. The number of amides is 1. The van der Waals surface area contributed by atoms with Crippen LogP contribution in [0.2, 0.25) is 0 Å². The van der Waals surface area contributed by atoms with E-state index in [0.29, 0.717) is 5.76 Å². The lowest BCUT2D eigenvalue weighted by Gasteiger charge is -2.14. The molecule has 14 heavy (non-hydrogen) atoms. The van der Waals surface area contributed by atoms with Crippen LogP contribution < -0.4 is 5.43 Å². The third-order valence-electron chi connectivity index (χ3n) is 1.92. The van der Waals surface area contributed by atoms with Gasteiger partial charge in [-0.05, 0) is 26.0 Å². The first-order valence-corrected chi connectivity index (χ1v) is 4.55. The van der Waals surface area contributed by atoms with Crippen molar-refractivity contribution in [2.24, 2.45) is 0 Å². The minimum Gasteiger partial charge on any atom is -0.466 e. The van der Waals surface area contributed by atoms with Gasteiger partial charge in [0, 0.05) is 14.1 Å². The average Bonchev–Trinajstić information content (AvgIpc) is 2.49. The van der Waals surface area contributed by atoms with Gasteiger partial charge in [-0.3, -0.25) is 10.2 Å². The molecule has 0 spiro atoms. The Balaban J connectivity index is 2.65. The Bertz CT molecular complexity index is 318. The van der Waals surface area contributed by atoms with Crippen molar-refractivity contribution >= 4 is 5.91 Å². The van der Waals surface area contributed by atoms with E-state index in [0.717, 1.165) is 5.76 Å². The highest BCUT2D eigenvalue weighted by molar-refractivity contribution is 5.82. The smallest absolute Gasteiger partial charge is 0.244 e. The van der Waals surface area contributed by atoms with Crippen molar-refractivity contribution in [3.05, 3.63) is 23.7 Å². The fraction of sp³-hybridized carbons (Fsp3) is 0.500. The molecule has 4 nitrogen and oxygen atoms in total. The number of hydrogen-bond acceptors (Lipinski definition) is 3. The van der Waals surface area contributed by atoms with E-state index in [9.17, 15) is 4.79 Å². The number of hydrazine groups is 1. The number of hydrogen-bond donors (Lipinski definition) is 1. The summed E-state index contributed by atoms with van der Waals surface area (Å²) in [7, 11) is 3.55. The van der Waals surface area contributed by atoms with E-state index in [2.05, 4.69) is 5.43 Å². The Labute approximate surface area is 83.9 Å². The summed E-state index contributed by atoms with van der Waals surface area (Å²) in [6, 6.07) is 3.68. The third-order valence-corrected chi connectivity index (χ3v) is 1.92. The second-order valence-electron chi connectivity index (χ2n) is 3.54. The van der Waals surface area contributed by atoms with Gasteiger partial charge in [0.2, 0.25) is 5.91 Å². The van der Waals surface area contributed by atoms with Gasteiger partial charge in [-0.25, -0.2) is 5.01 Å². The molecule has 78 valence electrons. The molecule has 1 N–H and O–H groups in total. The van der Waals surface area contributed by atoms with Gasteiger partial charge in [0.15, 0.2) is 0 Å². The van der Waals surface area contributed by atoms with Crippen LogP contribution in [0.4, 0.5) is 0 Å². The van der Waals surface area contributed by atoms with Crippen LogP contribution in [0, 0.1) is 6.92 Å². The van der Waals surface area contributed by atoms with Crippen LogP contribution >= 0.6 is 0 Å². The zero-order valence-electron chi connectivity index (χ0n) is 9.00. The Morgan fingerprint density at radius 3 is 2.57 bits per heavy atom. The molecule has 0 fully saturated rings. The van der Waals surface area contributed by atoms with Crippen LogP contribution in [0.25, 0.3) is 0 Å². The van der Waals surface area contributed by atoms with Crippen molar-refractivity contribution in [2.75, 3.05) is 14.1 Å².